The highest BCUT2D eigenvalue weighted by Gasteiger charge is 2.63. The second-order valence-corrected chi connectivity index (χ2v) is 18.0. The van der Waals surface area contributed by atoms with Crippen LogP contribution in [0.5, 0.6) is 17.4 Å². The lowest BCUT2D eigenvalue weighted by atomic mass is 10.0. The van der Waals surface area contributed by atoms with E-state index in [0.29, 0.717) is 67.0 Å². The molecule has 4 aliphatic rings. The zero-order chi connectivity index (χ0) is 40.7. The van der Waals surface area contributed by atoms with Crippen LogP contribution in [-0.2, 0) is 31.5 Å². The van der Waals surface area contributed by atoms with Crippen molar-refractivity contribution in [3.63, 3.8) is 0 Å². The number of aryl methyl sites for hydroxylation is 2. The Morgan fingerprint density at radius 2 is 1.89 bits per heavy atom. The van der Waals surface area contributed by atoms with Gasteiger partial charge < -0.3 is 29.7 Å². The highest BCUT2D eigenvalue weighted by Crippen LogP contribution is 2.47. The summed E-state index contributed by atoms with van der Waals surface area (Å²) in [4.78, 5) is 62.7. The molecule has 2 saturated carbocycles. The fraction of sp³-hybridized carbons (Fsp3) is 0.550. The summed E-state index contributed by atoms with van der Waals surface area (Å²) in [6.45, 7) is 5.64. The maximum Gasteiger partial charge on any atom is 0.272 e. The van der Waals surface area contributed by atoms with Gasteiger partial charge in [0.05, 0.1) is 30.5 Å². The number of ether oxygens (including phenoxy) is 3. The number of methoxy groups -OCH3 is 1. The molecular weight excluding hydrogens is 755 g/mol. The van der Waals surface area contributed by atoms with E-state index < -0.39 is 68.0 Å². The molecule has 2 aliphatic heterocycles. The van der Waals surface area contributed by atoms with E-state index >= 15 is 0 Å². The number of pyridine rings is 1. The predicted octanol–water partition coefficient (Wildman–Crippen LogP) is 3.22. The van der Waals surface area contributed by atoms with Gasteiger partial charge in [0.15, 0.2) is 0 Å². The first-order valence-electron chi connectivity index (χ1n) is 19.6. The number of amides is 4. The van der Waals surface area contributed by atoms with Gasteiger partial charge in [0.2, 0.25) is 27.7 Å². The standard InChI is InChI=1S/C40H51N7O9S/c1-6-55-33-21-32(27-14-15-31(54-5)24(2)34(27)42-33)56-26-20-30-36(49)43-40(38(51)45-57(52,53)39(3)17-18-39)22-25(40)12-10-8-7-9-11-13-29(37(50)47(30)23-26)41-35(48)28-16-19-46(4)44-28/h10,12,14-16,19,21,25-26,29-30H,6-9,11,13,17-18,20,22-23H2,1-5H3,(H,41,48)(H,43,49)(H,45,51)/b12-10-/t25-,26-,29+,30+,40-/m1/s1. The third-order valence-corrected chi connectivity index (χ3v) is 13.8. The number of hydrogen-bond donors (Lipinski definition) is 3. The molecule has 57 heavy (non-hydrogen) atoms. The molecule has 17 heteroatoms. The average molecular weight is 806 g/mol. The number of nitrogens with zero attached hydrogens (tertiary/aromatic N) is 4. The van der Waals surface area contributed by atoms with Crippen molar-refractivity contribution >= 4 is 44.6 Å². The Morgan fingerprint density at radius 3 is 2.60 bits per heavy atom. The molecule has 7 rings (SSSR count). The van der Waals surface area contributed by atoms with Crippen LogP contribution in [0.25, 0.3) is 10.9 Å². The largest absolute Gasteiger partial charge is 0.496 e. The number of allylic oxidation sites excluding steroid dienone is 1. The quantitative estimate of drug-likeness (QED) is 0.254. The zero-order valence-corrected chi connectivity index (χ0v) is 33.8. The van der Waals surface area contributed by atoms with Gasteiger partial charge in [-0.15, -0.1) is 0 Å². The molecule has 2 aromatic heterocycles. The van der Waals surface area contributed by atoms with Crippen LogP contribution in [0.3, 0.4) is 0 Å². The van der Waals surface area contributed by atoms with Crippen LogP contribution >= 0.6 is 0 Å². The lowest BCUT2D eigenvalue weighted by Crippen LogP contribution is -2.58. The van der Waals surface area contributed by atoms with Crippen LogP contribution in [0.4, 0.5) is 0 Å². The van der Waals surface area contributed by atoms with Gasteiger partial charge >= 0.3 is 0 Å². The first-order chi connectivity index (χ1) is 27.2. The van der Waals surface area contributed by atoms with Crippen molar-refractivity contribution in [1.82, 2.24) is 35.0 Å². The Morgan fingerprint density at radius 1 is 1.11 bits per heavy atom. The maximum atomic E-state index is 14.7. The summed E-state index contributed by atoms with van der Waals surface area (Å²) in [5.74, 6) is -1.50. The van der Waals surface area contributed by atoms with E-state index in [1.165, 1.54) is 9.58 Å². The highest BCUT2D eigenvalue weighted by molar-refractivity contribution is 7.91. The minimum absolute atomic E-state index is 0.0228. The summed E-state index contributed by atoms with van der Waals surface area (Å²) in [6, 6.07) is 4.75. The second kappa shape index (κ2) is 15.6. The van der Waals surface area contributed by atoms with Crippen molar-refractivity contribution < 1.29 is 41.8 Å². The Kier molecular flexibility index (Phi) is 11.0. The molecule has 3 N–H and O–H groups in total. The molecule has 3 fully saturated rings. The maximum absolute atomic E-state index is 14.7. The lowest BCUT2D eigenvalue weighted by molar-refractivity contribution is -0.141. The van der Waals surface area contributed by atoms with Gasteiger partial charge in [-0.3, -0.25) is 28.6 Å². The monoisotopic (exact) mass is 805 g/mol. The van der Waals surface area contributed by atoms with Crippen LogP contribution in [0.1, 0.15) is 87.7 Å². The molecule has 0 unspecified atom stereocenters. The molecule has 0 bridgehead atoms. The Bertz CT molecular complexity index is 2220. The SMILES string of the molecule is CCOc1cc(O[C@@H]2C[C@H]3C(=O)N[C@]4(C(=O)NS(=O)(=O)C5(C)CC5)C[C@H]4/C=C\CCCCC[C@H](NC(=O)c4ccn(C)n4)C(=O)N3C2)c2ccc(OC)c(C)c2n1. The van der Waals surface area contributed by atoms with E-state index in [0.717, 1.165) is 18.4 Å². The number of aromatic nitrogens is 3. The number of hydrogen-bond acceptors (Lipinski definition) is 11. The molecule has 1 saturated heterocycles. The summed E-state index contributed by atoms with van der Waals surface area (Å²) >= 11 is 0. The molecule has 3 aromatic rings. The van der Waals surface area contributed by atoms with Crippen molar-refractivity contribution in [2.75, 3.05) is 20.3 Å². The molecule has 4 amide bonds. The van der Waals surface area contributed by atoms with Gasteiger partial charge in [-0.25, -0.2) is 13.4 Å². The van der Waals surface area contributed by atoms with Crippen molar-refractivity contribution in [3.8, 4) is 17.4 Å². The van der Waals surface area contributed by atoms with Crippen LogP contribution in [0.15, 0.2) is 42.6 Å². The number of sulfonamides is 1. The van der Waals surface area contributed by atoms with Crippen molar-refractivity contribution in [3.05, 3.63) is 53.9 Å². The van der Waals surface area contributed by atoms with Gasteiger partial charge in [-0.2, -0.15) is 5.10 Å². The lowest BCUT2D eigenvalue weighted by Gasteiger charge is -2.30. The summed E-state index contributed by atoms with van der Waals surface area (Å²) in [7, 11) is -0.739. The van der Waals surface area contributed by atoms with Crippen molar-refractivity contribution in [1.29, 1.82) is 0 Å². The third kappa shape index (κ3) is 8.03. The summed E-state index contributed by atoms with van der Waals surface area (Å²) in [6.07, 6.45) is 9.01. The fourth-order valence-electron chi connectivity index (χ4n) is 7.79. The van der Waals surface area contributed by atoms with Crippen molar-refractivity contribution in [2.24, 2.45) is 13.0 Å². The summed E-state index contributed by atoms with van der Waals surface area (Å²) < 4.78 is 47.1. The number of benzene rings is 1. The van der Waals surface area contributed by atoms with Crippen molar-refractivity contribution in [2.45, 2.75) is 107 Å². The normalized spacial score (nSPS) is 26.5. The Hall–Kier alpha value is -5.19. The molecule has 16 nitrogen and oxygen atoms in total. The fourth-order valence-corrected chi connectivity index (χ4v) is 9.10. The molecule has 1 aromatic carbocycles. The minimum Gasteiger partial charge on any atom is -0.496 e. The second-order valence-electron chi connectivity index (χ2n) is 15.8. The third-order valence-electron chi connectivity index (χ3n) is 11.7. The van der Waals surface area contributed by atoms with Gasteiger partial charge in [0.25, 0.3) is 11.8 Å². The van der Waals surface area contributed by atoms with E-state index in [9.17, 15) is 27.6 Å². The first-order valence-corrected chi connectivity index (χ1v) is 21.1. The number of rotatable bonds is 10. The number of carbonyl (C=O) groups excluding carboxylic acids is 4. The molecule has 0 radical (unpaired) electrons. The van der Waals surface area contributed by atoms with Gasteiger partial charge in [-0.05, 0) is 77.5 Å². The predicted molar refractivity (Wildman–Crippen MR) is 209 cm³/mol. The highest BCUT2D eigenvalue weighted by atomic mass is 32.2. The van der Waals surface area contributed by atoms with Gasteiger partial charge in [0, 0.05) is 42.6 Å². The molecule has 306 valence electrons. The van der Waals surface area contributed by atoms with Crippen LogP contribution < -0.4 is 29.6 Å². The average Bonchev–Trinajstić information content (AvgIpc) is 3.97. The van der Waals surface area contributed by atoms with E-state index in [1.54, 1.807) is 39.4 Å². The van der Waals surface area contributed by atoms with Crippen LogP contribution in [0.2, 0.25) is 0 Å². The Labute approximate surface area is 332 Å². The molecular formula is C40H51N7O9S. The number of fused-ring (bicyclic) bond motifs is 3. The van der Waals surface area contributed by atoms with E-state index in [4.69, 9.17) is 19.2 Å². The van der Waals surface area contributed by atoms with Gasteiger partial charge in [-0.1, -0.05) is 25.0 Å². The molecule has 2 aliphatic carbocycles. The zero-order valence-electron chi connectivity index (χ0n) is 33.0. The van der Waals surface area contributed by atoms with Crippen LogP contribution in [0, 0.1) is 12.8 Å². The van der Waals surface area contributed by atoms with Crippen LogP contribution in [-0.4, -0.2) is 100 Å². The Balaban J connectivity index is 1.23. The summed E-state index contributed by atoms with van der Waals surface area (Å²) in [5.41, 5.74) is -0.00940. The number of nitrogens with one attached hydrogen (secondary N) is 3. The summed E-state index contributed by atoms with van der Waals surface area (Å²) in [5, 5.41) is 10.7. The topological polar surface area (TPSA) is 200 Å². The molecule has 4 heterocycles. The van der Waals surface area contributed by atoms with Gasteiger partial charge in [0.1, 0.15) is 40.9 Å². The smallest absolute Gasteiger partial charge is 0.272 e. The minimum atomic E-state index is -4.00. The van der Waals surface area contributed by atoms with E-state index in [2.05, 4.69) is 20.5 Å². The number of carbonyl (C=O) groups is 4. The van der Waals surface area contributed by atoms with E-state index in [1.807, 2.05) is 38.1 Å². The molecule has 0 spiro atoms. The first kappa shape index (κ1) is 40.0. The molecule has 5 atom stereocenters. The van der Waals surface area contributed by atoms with E-state index in [-0.39, 0.29) is 25.1 Å².